The predicted molar refractivity (Wildman–Crippen MR) is 147 cm³/mol. The molecule has 10 heteroatoms. The summed E-state index contributed by atoms with van der Waals surface area (Å²) in [5.74, 6) is -1.01. The Morgan fingerprint density at radius 1 is 0.919 bits per heavy atom. The van der Waals surface area contributed by atoms with Gasteiger partial charge in [0.05, 0.1) is 10.6 Å². The largest absolute Gasteiger partial charge is 0.357 e. The molecule has 0 fully saturated rings. The van der Waals surface area contributed by atoms with E-state index in [-0.39, 0.29) is 11.4 Å². The summed E-state index contributed by atoms with van der Waals surface area (Å²) < 4.78 is 28.6. The fourth-order valence-electron chi connectivity index (χ4n) is 3.77. The van der Waals surface area contributed by atoms with E-state index in [1.165, 1.54) is 24.1 Å². The van der Waals surface area contributed by atoms with E-state index in [0.717, 1.165) is 15.4 Å². The van der Waals surface area contributed by atoms with Gasteiger partial charge in [0.2, 0.25) is 11.8 Å². The topological polar surface area (TPSA) is 86.8 Å². The fraction of sp³-hybridized carbons (Fsp3) is 0.259. The summed E-state index contributed by atoms with van der Waals surface area (Å²) in [7, 11) is -2.66. The number of halogens is 2. The van der Waals surface area contributed by atoms with Crippen LogP contribution < -0.4 is 9.62 Å². The molecule has 1 unspecified atom stereocenters. The molecule has 0 heterocycles. The highest BCUT2D eigenvalue weighted by Gasteiger charge is 2.33. The number of aryl methyl sites for hydroxylation is 2. The van der Waals surface area contributed by atoms with E-state index in [4.69, 9.17) is 23.2 Å². The van der Waals surface area contributed by atoms with E-state index in [1.807, 2.05) is 13.8 Å². The normalized spacial score (nSPS) is 12.1. The van der Waals surface area contributed by atoms with Crippen LogP contribution in [0.5, 0.6) is 0 Å². The lowest BCUT2D eigenvalue weighted by Crippen LogP contribution is -2.50. The molecule has 0 aromatic heterocycles. The van der Waals surface area contributed by atoms with Gasteiger partial charge in [-0.1, -0.05) is 53.5 Å². The summed E-state index contributed by atoms with van der Waals surface area (Å²) in [6, 6.07) is 17.1. The van der Waals surface area contributed by atoms with Gasteiger partial charge in [0.1, 0.15) is 12.6 Å². The lowest BCUT2D eigenvalue weighted by molar-refractivity contribution is -0.139. The van der Waals surface area contributed by atoms with Crippen molar-refractivity contribution in [2.45, 2.75) is 38.3 Å². The van der Waals surface area contributed by atoms with Gasteiger partial charge in [-0.05, 0) is 68.3 Å². The molecule has 2 amide bonds. The van der Waals surface area contributed by atoms with Crippen molar-refractivity contribution in [3.63, 3.8) is 0 Å². The minimum Gasteiger partial charge on any atom is -0.357 e. The van der Waals surface area contributed by atoms with Crippen molar-refractivity contribution >= 4 is 50.7 Å². The van der Waals surface area contributed by atoms with Gasteiger partial charge in [-0.2, -0.15) is 0 Å². The van der Waals surface area contributed by atoms with Crippen LogP contribution in [0.2, 0.25) is 10.0 Å². The van der Waals surface area contributed by atoms with Gasteiger partial charge in [0.25, 0.3) is 10.0 Å². The van der Waals surface area contributed by atoms with Gasteiger partial charge in [-0.25, -0.2) is 8.42 Å². The molecule has 0 spiro atoms. The Balaban J connectivity index is 2.08. The molecule has 3 rings (SSSR count). The third-order valence-electron chi connectivity index (χ3n) is 6.19. The molecule has 3 aromatic rings. The Bertz CT molecular complexity index is 1380. The number of hydrogen-bond donors (Lipinski definition) is 1. The highest BCUT2D eigenvalue weighted by Crippen LogP contribution is 2.29. The average molecular weight is 563 g/mol. The fourth-order valence-corrected chi connectivity index (χ4v) is 5.72. The first-order chi connectivity index (χ1) is 17.5. The maximum atomic E-state index is 13.8. The Morgan fingerprint density at radius 2 is 1.54 bits per heavy atom. The van der Waals surface area contributed by atoms with Crippen LogP contribution in [0.1, 0.15) is 23.6 Å². The Morgan fingerprint density at radius 3 is 2.11 bits per heavy atom. The predicted octanol–water partition coefficient (Wildman–Crippen LogP) is 4.97. The molecule has 1 N–H and O–H groups in total. The minimum absolute atomic E-state index is 0.0427. The number of hydrogen-bond acceptors (Lipinski definition) is 4. The molecule has 0 aliphatic heterocycles. The Kier molecular flexibility index (Phi) is 9.23. The van der Waals surface area contributed by atoms with Crippen LogP contribution >= 0.6 is 23.2 Å². The van der Waals surface area contributed by atoms with E-state index in [1.54, 1.807) is 61.5 Å². The zero-order chi connectivity index (χ0) is 27.3. The van der Waals surface area contributed by atoms with Crippen molar-refractivity contribution in [1.29, 1.82) is 0 Å². The molecular formula is C27H29Cl2N3O4S. The molecule has 0 saturated heterocycles. The minimum atomic E-state index is -4.12. The van der Waals surface area contributed by atoms with Crippen molar-refractivity contribution in [3.8, 4) is 0 Å². The lowest BCUT2D eigenvalue weighted by Gasteiger charge is -2.32. The van der Waals surface area contributed by atoms with Crippen molar-refractivity contribution in [1.82, 2.24) is 10.2 Å². The van der Waals surface area contributed by atoms with Crippen molar-refractivity contribution < 1.29 is 18.0 Å². The second-order valence-corrected chi connectivity index (χ2v) is 11.3. The van der Waals surface area contributed by atoms with Crippen LogP contribution in [-0.4, -0.2) is 44.8 Å². The first kappa shape index (κ1) is 28.5. The zero-order valence-electron chi connectivity index (χ0n) is 21.0. The standard InChI is InChI=1S/C27H29Cl2N3O4S/c1-18-13-14-21(15-19(18)2)32(37(35,36)22-9-6-5-7-10-22)17-26(33)31(20(3)27(34)30-4)16-23-24(28)11-8-12-25(23)29/h5-15,20H,16-17H2,1-4H3,(H,30,34). The van der Waals surface area contributed by atoms with Crippen LogP contribution in [0.4, 0.5) is 5.69 Å². The van der Waals surface area contributed by atoms with Gasteiger partial charge < -0.3 is 10.2 Å². The Labute approximate surface area is 228 Å². The summed E-state index contributed by atoms with van der Waals surface area (Å²) >= 11 is 12.7. The average Bonchev–Trinajstić information content (AvgIpc) is 2.88. The van der Waals surface area contributed by atoms with Crippen LogP contribution in [0.25, 0.3) is 0 Å². The molecule has 196 valence electrons. The quantitative estimate of drug-likeness (QED) is 0.399. The monoisotopic (exact) mass is 561 g/mol. The van der Waals surface area contributed by atoms with Crippen LogP contribution in [0.3, 0.4) is 0 Å². The number of rotatable bonds is 9. The third kappa shape index (κ3) is 6.44. The first-order valence-corrected chi connectivity index (χ1v) is 13.8. The molecule has 0 aliphatic rings. The number of nitrogens with one attached hydrogen (secondary N) is 1. The zero-order valence-corrected chi connectivity index (χ0v) is 23.4. The van der Waals surface area contributed by atoms with Gasteiger partial charge in [-0.15, -0.1) is 0 Å². The number of benzene rings is 3. The second kappa shape index (κ2) is 12.0. The summed E-state index contributed by atoms with van der Waals surface area (Å²) in [6.07, 6.45) is 0. The van der Waals surface area contributed by atoms with Crippen molar-refractivity contribution in [2.75, 3.05) is 17.9 Å². The molecule has 37 heavy (non-hydrogen) atoms. The number of nitrogens with zero attached hydrogens (tertiary/aromatic N) is 2. The third-order valence-corrected chi connectivity index (χ3v) is 8.69. The highest BCUT2D eigenvalue weighted by molar-refractivity contribution is 7.92. The van der Waals surface area contributed by atoms with Gasteiger partial charge >= 0.3 is 0 Å². The molecule has 0 aliphatic carbocycles. The van der Waals surface area contributed by atoms with E-state index in [2.05, 4.69) is 5.32 Å². The lowest BCUT2D eigenvalue weighted by atomic mass is 10.1. The Hall–Kier alpha value is -3.07. The number of carbonyl (C=O) groups is 2. The van der Waals surface area contributed by atoms with E-state index in [0.29, 0.717) is 21.3 Å². The van der Waals surface area contributed by atoms with Crippen LogP contribution in [0.15, 0.2) is 71.6 Å². The molecular weight excluding hydrogens is 533 g/mol. The number of sulfonamides is 1. The van der Waals surface area contributed by atoms with E-state index < -0.39 is 34.4 Å². The summed E-state index contributed by atoms with van der Waals surface area (Å²) in [5, 5.41) is 3.20. The highest BCUT2D eigenvalue weighted by atomic mass is 35.5. The molecule has 0 bridgehead atoms. The maximum Gasteiger partial charge on any atom is 0.264 e. The van der Waals surface area contributed by atoms with Gasteiger partial charge in [0.15, 0.2) is 0 Å². The number of anilines is 1. The smallest absolute Gasteiger partial charge is 0.264 e. The molecule has 1 atom stereocenters. The first-order valence-electron chi connectivity index (χ1n) is 11.6. The molecule has 0 radical (unpaired) electrons. The van der Waals surface area contributed by atoms with Crippen molar-refractivity contribution in [2.24, 2.45) is 0 Å². The maximum absolute atomic E-state index is 13.8. The van der Waals surface area contributed by atoms with Gasteiger partial charge in [0, 0.05) is 29.2 Å². The molecule has 7 nitrogen and oxygen atoms in total. The number of carbonyl (C=O) groups excluding carboxylic acids is 2. The summed E-state index contributed by atoms with van der Waals surface area (Å²) in [6.45, 7) is 4.72. The van der Waals surface area contributed by atoms with Crippen LogP contribution in [-0.2, 0) is 26.2 Å². The van der Waals surface area contributed by atoms with Crippen LogP contribution in [0, 0.1) is 13.8 Å². The van der Waals surface area contributed by atoms with E-state index >= 15 is 0 Å². The summed E-state index contributed by atoms with van der Waals surface area (Å²) in [4.78, 5) is 27.7. The van der Waals surface area contributed by atoms with Gasteiger partial charge in [-0.3, -0.25) is 13.9 Å². The van der Waals surface area contributed by atoms with Crippen molar-refractivity contribution in [3.05, 3.63) is 93.5 Å². The van der Waals surface area contributed by atoms with E-state index in [9.17, 15) is 18.0 Å². The molecule has 0 saturated carbocycles. The number of amides is 2. The summed E-state index contributed by atoms with van der Waals surface area (Å²) in [5.41, 5.74) is 2.65. The molecule has 3 aromatic carbocycles. The second-order valence-electron chi connectivity index (χ2n) is 8.61. The number of likely N-dealkylation sites (N-methyl/N-ethyl adjacent to an activating group) is 1. The SMILES string of the molecule is CNC(=O)C(C)N(Cc1c(Cl)cccc1Cl)C(=O)CN(c1ccc(C)c(C)c1)S(=O)(=O)c1ccccc1.